The first-order valence-electron chi connectivity index (χ1n) is 5.71. The molecule has 0 fully saturated rings. The topological polar surface area (TPSA) is 25.2 Å². The first kappa shape index (κ1) is 12.0. The lowest BCUT2D eigenvalue weighted by Gasteiger charge is -2.12. The number of nitrogens with one attached hydrogen (secondary N) is 1. The average Bonchev–Trinajstić information content (AvgIpc) is 2.64. The molecular weight excluding hydrogens is 224 g/mol. The summed E-state index contributed by atoms with van der Waals surface area (Å²) in [6, 6.07) is 3.77. The van der Waals surface area contributed by atoms with Crippen molar-refractivity contribution in [2.45, 2.75) is 26.3 Å². The minimum atomic E-state index is -0.754. The quantitative estimate of drug-likeness (QED) is 0.886. The lowest BCUT2D eigenvalue weighted by Crippen LogP contribution is -2.27. The molecule has 92 valence electrons. The molecule has 0 radical (unpaired) electrons. The van der Waals surface area contributed by atoms with E-state index in [2.05, 4.69) is 5.32 Å². The van der Waals surface area contributed by atoms with Crippen LogP contribution in [0.2, 0.25) is 0 Å². The highest BCUT2D eigenvalue weighted by atomic mass is 19.1. The van der Waals surface area contributed by atoms with E-state index in [-0.39, 0.29) is 22.8 Å². The minimum Gasteiger partial charge on any atom is -0.431 e. The second-order valence-electron chi connectivity index (χ2n) is 4.16. The third-order valence-corrected chi connectivity index (χ3v) is 2.76. The third kappa shape index (κ3) is 2.47. The molecule has 1 atom stereocenters. The van der Waals surface area contributed by atoms with Gasteiger partial charge in [-0.25, -0.2) is 4.39 Å². The van der Waals surface area contributed by atoms with Gasteiger partial charge in [0.1, 0.15) is 11.4 Å². The van der Waals surface area contributed by atoms with Crippen LogP contribution in [0.25, 0.3) is 11.0 Å². The van der Waals surface area contributed by atoms with Gasteiger partial charge < -0.3 is 9.73 Å². The molecule has 1 heterocycles. The fourth-order valence-electron chi connectivity index (χ4n) is 2.00. The van der Waals surface area contributed by atoms with Gasteiger partial charge >= 0.3 is 0 Å². The summed E-state index contributed by atoms with van der Waals surface area (Å²) in [7, 11) is 0. The van der Waals surface area contributed by atoms with E-state index in [1.165, 1.54) is 0 Å². The number of benzene rings is 1. The molecule has 2 aromatic rings. The summed E-state index contributed by atoms with van der Waals surface area (Å²) >= 11 is 0. The molecule has 0 amide bonds. The van der Waals surface area contributed by atoms with Crippen molar-refractivity contribution in [3.8, 4) is 0 Å². The third-order valence-electron chi connectivity index (χ3n) is 2.76. The van der Waals surface area contributed by atoms with Crippen molar-refractivity contribution < 1.29 is 13.2 Å². The van der Waals surface area contributed by atoms with E-state index < -0.39 is 6.01 Å². The van der Waals surface area contributed by atoms with Crippen LogP contribution in [-0.4, -0.2) is 12.6 Å². The Bertz CT molecular complexity index is 521. The molecule has 2 rings (SSSR count). The zero-order valence-corrected chi connectivity index (χ0v) is 9.89. The minimum absolute atomic E-state index is 0.184. The van der Waals surface area contributed by atoms with Crippen molar-refractivity contribution in [2.75, 3.05) is 6.54 Å². The molecule has 0 saturated heterocycles. The van der Waals surface area contributed by atoms with E-state index in [0.717, 1.165) is 12.6 Å². The highest BCUT2D eigenvalue weighted by Crippen LogP contribution is 2.24. The number of fused-ring (bicyclic) bond motifs is 1. The Hall–Kier alpha value is -1.42. The van der Waals surface area contributed by atoms with Gasteiger partial charge in [0.15, 0.2) is 0 Å². The van der Waals surface area contributed by atoms with Crippen LogP contribution in [0, 0.1) is 11.8 Å². The van der Waals surface area contributed by atoms with Gasteiger partial charge in [0.05, 0.1) is 5.39 Å². The molecule has 17 heavy (non-hydrogen) atoms. The molecule has 1 unspecified atom stereocenters. The number of halogens is 2. The van der Waals surface area contributed by atoms with Gasteiger partial charge in [0.2, 0.25) is 0 Å². The number of furan rings is 1. The number of hydrogen-bond donors (Lipinski definition) is 1. The van der Waals surface area contributed by atoms with Gasteiger partial charge in [-0.2, -0.15) is 4.39 Å². The summed E-state index contributed by atoms with van der Waals surface area (Å²) < 4.78 is 31.6. The molecular formula is C13H15F2NO. The van der Waals surface area contributed by atoms with Gasteiger partial charge in [-0.05, 0) is 31.5 Å². The van der Waals surface area contributed by atoms with Crippen LogP contribution in [0.15, 0.2) is 22.6 Å². The van der Waals surface area contributed by atoms with Crippen molar-refractivity contribution in [1.82, 2.24) is 5.32 Å². The van der Waals surface area contributed by atoms with E-state index in [9.17, 15) is 8.78 Å². The van der Waals surface area contributed by atoms with Crippen LogP contribution < -0.4 is 5.32 Å². The summed E-state index contributed by atoms with van der Waals surface area (Å²) in [4.78, 5) is 0. The number of likely N-dealkylation sites (N-methyl/N-ethyl adjacent to an activating group) is 1. The van der Waals surface area contributed by atoms with Gasteiger partial charge in [-0.15, -0.1) is 0 Å². The molecule has 1 aromatic heterocycles. The van der Waals surface area contributed by atoms with Crippen molar-refractivity contribution in [3.63, 3.8) is 0 Å². The van der Waals surface area contributed by atoms with E-state index in [1.807, 2.05) is 13.8 Å². The molecule has 1 aromatic carbocycles. The lowest BCUT2D eigenvalue weighted by atomic mass is 10.0. The van der Waals surface area contributed by atoms with Gasteiger partial charge in [-0.3, -0.25) is 0 Å². The first-order chi connectivity index (χ1) is 8.11. The Morgan fingerprint density at radius 1 is 1.35 bits per heavy atom. The van der Waals surface area contributed by atoms with Crippen LogP contribution in [0.5, 0.6) is 0 Å². The van der Waals surface area contributed by atoms with Crippen LogP contribution >= 0.6 is 0 Å². The van der Waals surface area contributed by atoms with Crippen molar-refractivity contribution >= 4 is 11.0 Å². The van der Waals surface area contributed by atoms with Gasteiger partial charge in [0, 0.05) is 12.1 Å². The van der Waals surface area contributed by atoms with Crippen LogP contribution in [0.3, 0.4) is 0 Å². The maximum atomic E-state index is 14.0. The highest BCUT2D eigenvalue weighted by molar-refractivity contribution is 5.78. The number of hydrogen-bond acceptors (Lipinski definition) is 2. The Morgan fingerprint density at radius 3 is 2.82 bits per heavy atom. The van der Waals surface area contributed by atoms with Crippen LogP contribution in [0.1, 0.15) is 19.4 Å². The maximum Gasteiger partial charge on any atom is 0.278 e. The monoisotopic (exact) mass is 239 g/mol. The molecule has 0 aliphatic carbocycles. The van der Waals surface area contributed by atoms with Gasteiger partial charge in [0.25, 0.3) is 6.01 Å². The standard InChI is InChI=1S/C13H15F2NO/c1-3-16-8(2)6-9-4-5-11-10(13(9)15)7-12(14)17-11/h4-5,7-8,16H,3,6H2,1-2H3. The summed E-state index contributed by atoms with van der Waals surface area (Å²) in [6.07, 6.45) is 0.572. The van der Waals surface area contributed by atoms with E-state index in [0.29, 0.717) is 12.0 Å². The fraction of sp³-hybridized carbons (Fsp3) is 0.385. The summed E-state index contributed by atoms with van der Waals surface area (Å²) in [6.45, 7) is 4.83. The first-order valence-corrected chi connectivity index (χ1v) is 5.71. The number of rotatable bonds is 4. The second-order valence-corrected chi connectivity index (χ2v) is 4.16. The Morgan fingerprint density at radius 2 is 2.12 bits per heavy atom. The molecule has 0 aliphatic rings. The molecule has 0 saturated carbocycles. The summed E-state index contributed by atoms with van der Waals surface area (Å²) in [5.74, 6) is -0.389. The van der Waals surface area contributed by atoms with Crippen LogP contribution in [0.4, 0.5) is 8.78 Å². The van der Waals surface area contributed by atoms with Crippen LogP contribution in [-0.2, 0) is 6.42 Å². The van der Waals surface area contributed by atoms with Crippen molar-refractivity contribution in [2.24, 2.45) is 0 Å². The fourth-order valence-corrected chi connectivity index (χ4v) is 2.00. The summed E-state index contributed by atoms with van der Waals surface area (Å²) in [5, 5.41) is 3.42. The van der Waals surface area contributed by atoms with E-state index in [4.69, 9.17) is 4.42 Å². The predicted octanol–water partition coefficient (Wildman–Crippen LogP) is 3.25. The Balaban J connectivity index is 2.32. The molecule has 2 nitrogen and oxygen atoms in total. The molecule has 0 bridgehead atoms. The highest BCUT2D eigenvalue weighted by Gasteiger charge is 2.13. The molecule has 0 spiro atoms. The Labute approximate surface area is 98.6 Å². The van der Waals surface area contributed by atoms with Crippen molar-refractivity contribution in [3.05, 3.63) is 35.6 Å². The molecule has 0 aliphatic heterocycles. The van der Waals surface area contributed by atoms with Gasteiger partial charge in [-0.1, -0.05) is 13.0 Å². The Kier molecular flexibility index (Phi) is 3.43. The largest absolute Gasteiger partial charge is 0.431 e. The van der Waals surface area contributed by atoms with Crippen molar-refractivity contribution in [1.29, 1.82) is 0 Å². The summed E-state index contributed by atoms with van der Waals surface area (Å²) in [5.41, 5.74) is 0.826. The predicted molar refractivity (Wildman–Crippen MR) is 63.0 cm³/mol. The van der Waals surface area contributed by atoms with E-state index >= 15 is 0 Å². The SMILES string of the molecule is CCNC(C)Cc1ccc2oc(F)cc2c1F. The molecule has 1 N–H and O–H groups in total. The average molecular weight is 239 g/mol. The zero-order chi connectivity index (χ0) is 12.4. The zero-order valence-electron chi connectivity index (χ0n) is 9.89. The van der Waals surface area contributed by atoms with E-state index in [1.54, 1.807) is 12.1 Å². The second kappa shape index (κ2) is 4.84. The molecule has 4 heteroatoms. The smallest absolute Gasteiger partial charge is 0.278 e. The lowest BCUT2D eigenvalue weighted by molar-refractivity contribution is 0.381. The normalized spacial score (nSPS) is 13.2. The maximum absolute atomic E-state index is 14.0.